The summed E-state index contributed by atoms with van der Waals surface area (Å²) < 4.78 is 0. The van der Waals surface area contributed by atoms with Crippen LogP contribution in [0.3, 0.4) is 0 Å². The Morgan fingerprint density at radius 3 is 2.65 bits per heavy atom. The van der Waals surface area contributed by atoms with Crippen molar-refractivity contribution in [1.82, 2.24) is 10.2 Å². The number of likely N-dealkylation sites (N-methyl/N-ethyl adjacent to an activating group) is 1. The van der Waals surface area contributed by atoms with E-state index in [9.17, 15) is 9.59 Å². The highest BCUT2D eigenvalue weighted by molar-refractivity contribution is 7.14. The lowest BCUT2D eigenvalue weighted by Gasteiger charge is -2.47. The van der Waals surface area contributed by atoms with Crippen LogP contribution in [0.25, 0.3) is 0 Å². The molecule has 1 heterocycles. The number of hydrogen-bond acceptors (Lipinski definition) is 4. The molecule has 6 nitrogen and oxygen atoms in total. The monoisotopic (exact) mass is 297 g/mol. The zero-order valence-corrected chi connectivity index (χ0v) is 12.4. The molecule has 1 aliphatic carbocycles. The number of carboxylic acid groups (broad SMARTS) is 1. The average molecular weight is 297 g/mol. The number of carbonyl (C=O) groups excluding carboxylic acids is 1. The van der Waals surface area contributed by atoms with Crippen molar-refractivity contribution in [1.29, 1.82) is 0 Å². The molecular formula is C13H19N3O3S. The van der Waals surface area contributed by atoms with E-state index in [0.29, 0.717) is 11.5 Å². The number of hydrogen-bond donors (Lipinski definition) is 3. The van der Waals surface area contributed by atoms with E-state index in [1.165, 1.54) is 23.8 Å². The molecule has 2 rings (SSSR count). The Balaban J connectivity index is 1.90. The van der Waals surface area contributed by atoms with Crippen LogP contribution in [0.1, 0.15) is 29.6 Å². The van der Waals surface area contributed by atoms with Crippen LogP contribution in [0.2, 0.25) is 0 Å². The maximum Gasteiger partial charge on any atom is 0.338 e. The Morgan fingerprint density at radius 2 is 2.15 bits per heavy atom. The van der Waals surface area contributed by atoms with Gasteiger partial charge in [-0.05, 0) is 44.8 Å². The quantitative estimate of drug-likeness (QED) is 0.777. The zero-order valence-electron chi connectivity index (χ0n) is 11.6. The first-order valence-electron chi connectivity index (χ1n) is 6.48. The molecule has 1 aromatic heterocycles. The van der Waals surface area contributed by atoms with E-state index in [2.05, 4.69) is 15.5 Å². The molecule has 0 radical (unpaired) electrons. The number of anilines is 1. The molecule has 7 heteroatoms. The minimum absolute atomic E-state index is 0.0441. The number of urea groups is 1. The van der Waals surface area contributed by atoms with Gasteiger partial charge >= 0.3 is 12.0 Å². The molecule has 1 saturated carbocycles. The lowest BCUT2D eigenvalue weighted by atomic mass is 9.75. The number of carbonyl (C=O) groups is 2. The van der Waals surface area contributed by atoms with Crippen LogP contribution in [0.4, 0.5) is 9.80 Å². The molecule has 0 unspecified atom stereocenters. The molecule has 0 aliphatic heterocycles. The highest BCUT2D eigenvalue weighted by Gasteiger charge is 2.39. The van der Waals surface area contributed by atoms with E-state index in [0.717, 1.165) is 12.8 Å². The Labute approximate surface area is 121 Å². The largest absolute Gasteiger partial charge is 0.478 e. The van der Waals surface area contributed by atoms with Crippen LogP contribution in [0.15, 0.2) is 11.4 Å². The molecule has 3 N–H and O–H groups in total. The standard InChI is InChI=1S/C13H19N3O3S/c1-16(2)13(5-3-6-13)8-14-12(19)15-10-9(11(17)18)4-7-20-10/h4,7H,3,5-6,8H2,1-2H3,(H,17,18)(H2,14,15,19). The van der Waals surface area contributed by atoms with Gasteiger partial charge in [-0.15, -0.1) is 11.3 Å². The first kappa shape index (κ1) is 14.8. The van der Waals surface area contributed by atoms with E-state index in [1.807, 2.05) is 14.1 Å². The van der Waals surface area contributed by atoms with E-state index in [4.69, 9.17) is 5.11 Å². The molecule has 2 amide bonds. The predicted octanol–water partition coefficient (Wildman–Crippen LogP) is 2.05. The van der Waals surface area contributed by atoms with Gasteiger partial charge in [0.2, 0.25) is 0 Å². The fourth-order valence-electron chi connectivity index (χ4n) is 2.33. The number of nitrogens with zero attached hydrogens (tertiary/aromatic N) is 1. The van der Waals surface area contributed by atoms with E-state index in [1.54, 1.807) is 5.38 Å². The maximum atomic E-state index is 11.9. The van der Waals surface area contributed by atoms with Gasteiger partial charge in [-0.1, -0.05) is 0 Å². The fraction of sp³-hybridized carbons (Fsp3) is 0.538. The van der Waals surface area contributed by atoms with Crippen molar-refractivity contribution in [3.63, 3.8) is 0 Å². The van der Waals surface area contributed by atoms with E-state index in [-0.39, 0.29) is 17.1 Å². The van der Waals surface area contributed by atoms with Crippen LogP contribution in [0, 0.1) is 0 Å². The van der Waals surface area contributed by atoms with Gasteiger partial charge in [0.05, 0.1) is 5.56 Å². The molecule has 0 bridgehead atoms. The molecule has 0 saturated heterocycles. The first-order chi connectivity index (χ1) is 9.44. The highest BCUT2D eigenvalue weighted by atomic mass is 32.1. The maximum absolute atomic E-state index is 11.9. The number of amides is 2. The lowest BCUT2D eigenvalue weighted by Crippen LogP contribution is -2.57. The second-order valence-corrected chi connectivity index (χ2v) is 6.16. The summed E-state index contributed by atoms with van der Waals surface area (Å²) in [5.74, 6) is -1.04. The van der Waals surface area contributed by atoms with Crippen molar-refractivity contribution in [3.05, 3.63) is 17.0 Å². The van der Waals surface area contributed by atoms with Gasteiger partial charge in [-0.25, -0.2) is 9.59 Å². The van der Waals surface area contributed by atoms with Crippen molar-refractivity contribution in [3.8, 4) is 0 Å². The van der Waals surface area contributed by atoms with Crippen molar-refractivity contribution >= 4 is 28.3 Å². The molecule has 0 aromatic carbocycles. The molecule has 20 heavy (non-hydrogen) atoms. The average Bonchev–Trinajstić information content (AvgIpc) is 2.75. The minimum atomic E-state index is -1.04. The van der Waals surface area contributed by atoms with Crippen molar-refractivity contribution in [2.75, 3.05) is 26.0 Å². The zero-order chi connectivity index (χ0) is 14.8. The molecule has 1 aromatic rings. The second-order valence-electron chi connectivity index (χ2n) is 5.25. The van der Waals surface area contributed by atoms with Crippen LogP contribution in [-0.4, -0.2) is 48.2 Å². The van der Waals surface area contributed by atoms with E-state index < -0.39 is 5.97 Å². The van der Waals surface area contributed by atoms with Crippen molar-refractivity contribution in [2.45, 2.75) is 24.8 Å². The molecule has 1 fully saturated rings. The van der Waals surface area contributed by atoms with Gasteiger partial charge in [0, 0.05) is 12.1 Å². The Bertz CT molecular complexity index is 509. The summed E-state index contributed by atoms with van der Waals surface area (Å²) in [5, 5.41) is 16.4. The summed E-state index contributed by atoms with van der Waals surface area (Å²) in [4.78, 5) is 25.0. The van der Waals surface area contributed by atoms with Crippen LogP contribution in [-0.2, 0) is 0 Å². The van der Waals surface area contributed by atoms with Gasteiger partial charge in [-0.2, -0.15) is 0 Å². The SMILES string of the molecule is CN(C)C1(CNC(=O)Nc2sccc2C(=O)O)CCC1. The van der Waals surface area contributed by atoms with Gasteiger partial charge in [0.15, 0.2) is 0 Å². The summed E-state index contributed by atoms with van der Waals surface area (Å²) in [6.07, 6.45) is 3.31. The predicted molar refractivity (Wildman–Crippen MR) is 78.6 cm³/mol. The number of thiophene rings is 1. The highest BCUT2D eigenvalue weighted by Crippen LogP contribution is 2.35. The molecular weight excluding hydrogens is 278 g/mol. The fourth-order valence-corrected chi connectivity index (χ4v) is 3.11. The lowest BCUT2D eigenvalue weighted by molar-refractivity contribution is 0.0630. The topological polar surface area (TPSA) is 81.7 Å². The Kier molecular flexibility index (Phi) is 4.29. The number of rotatable bonds is 5. The third-order valence-electron chi connectivity index (χ3n) is 3.93. The smallest absolute Gasteiger partial charge is 0.338 e. The van der Waals surface area contributed by atoms with Crippen LogP contribution >= 0.6 is 11.3 Å². The molecule has 1 aliphatic rings. The van der Waals surface area contributed by atoms with Gasteiger partial charge in [0.25, 0.3) is 0 Å². The second kappa shape index (κ2) is 5.80. The minimum Gasteiger partial charge on any atom is -0.478 e. The van der Waals surface area contributed by atoms with Crippen LogP contribution in [0.5, 0.6) is 0 Å². The number of aromatic carboxylic acids is 1. The van der Waals surface area contributed by atoms with Crippen molar-refractivity contribution in [2.24, 2.45) is 0 Å². The summed E-state index contributed by atoms with van der Waals surface area (Å²) >= 11 is 1.20. The van der Waals surface area contributed by atoms with Gasteiger partial charge in [-0.3, -0.25) is 5.32 Å². The third-order valence-corrected chi connectivity index (χ3v) is 4.76. The first-order valence-corrected chi connectivity index (χ1v) is 7.36. The Hall–Kier alpha value is -1.60. The molecule has 0 atom stereocenters. The summed E-state index contributed by atoms with van der Waals surface area (Å²) in [7, 11) is 4.03. The summed E-state index contributed by atoms with van der Waals surface area (Å²) in [6.45, 7) is 0.569. The van der Waals surface area contributed by atoms with Crippen molar-refractivity contribution < 1.29 is 14.7 Å². The number of nitrogens with one attached hydrogen (secondary N) is 2. The summed E-state index contributed by atoms with van der Waals surface area (Å²) in [6, 6.07) is 1.12. The van der Waals surface area contributed by atoms with Gasteiger partial charge < -0.3 is 15.3 Å². The molecule has 0 spiro atoms. The van der Waals surface area contributed by atoms with Crippen LogP contribution < -0.4 is 10.6 Å². The normalized spacial score (nSPS) is 16.6. The Morgan fingerprint density at radius 1 is 1.45 bits per heavy atom. The summed E-state index contributed by atoms with van der Waals surface area (Å²) in [5.41, 5.74) is 0.165. The van der Waals surface area contributed by atoms with E-state index >= 15 is 0 Å². The third kappa shape index (κ3) is 2.94. The molecule has 110 valence electrons. The van der Waals surface area contributed by atoms with Gasteiger partial charge in [0.1, 0.15) is 5.00 Å². The number of carboxylic acids is 1.